The Hall–Kier alpha value is -2.73. The van der Waals surface area contributed by atoms with Crippen LogP contribution >= 0.6 is 11.6 Å². The van der Waals surface area contributed by atoms with Crippen LogP contribution in [0.25, 0.3) is 0 Å². The van der Waals surface area contributed by atoms with E-state index in [-0.39, 0.29) is 5.91 Å². The molecule has 0 bridgehead atoms. The lowest BCUT2D eigenvalue weighted by molar-refractivity contribution is -0.125. The molecule has 1 heterocycles. The number of nitrogens with one attached hydrogen (secondary N) is 1. The number of benzene rings is 2. The minimum absolute atomic E-state index is 0.296. The number of carbonyl (C=O) groups excluding carboxylic acids is 1. The minimum Gasteiger partial charge on any atom is -0.496 e. The van der Waals surface area contributed by atoms with Gasteiger partial charge in [0.15, 0.2) is 0 Å². The van der Waals surface area contributed by atoms with Crippen LogP contribution in [0.15, 0.2) is 47.6 Å². The molecule has 0 fully saturated rings. The molecule has 0 aliphatic carbocycles. The molecule has 0 saturated heterocycles. The molecule has 1 atom stereocenters. The van der Waals surface area contributed by atoms with Gasteiger partial charge in [-0.3, -0.25) is 4.79 Å². The average Bonchev–Trinajstić information content (AvgIpc) is 3.12. The van der Waals surface area contributed by atoms with Crippen molar-refractivity contribution in [3.8, 4) is 11.5 Å². The summed E-state index contributed by atoms with van der Waals surface area (Å²) in [6, 6.07) is 12.5. The summed E-state index contributed by atoms with van der Waals surface area (Å²) in [7, 11) is 3.12. The van der Waals surface area contributed by atoms with Crippen LogP contribution in [0, 0.1) is 0 Å². The van der Waals surface area contributed by atoms with E-state index in [0.29, 0.717) is 34.3 Å². The maximum Gasteiger partial charge on any atom is 0.268 e. The Balaban J connectivity index is 1.67. The molecular formula is C18H17ClN2O4. The molecule has 6 nitrogen and oxygen atoms in total. The molecule has 25 heavy (non-hydrogen) atoms. The predicted molar refractivity (Wildman–Crippen MR) is 95.7 cm³/mol. The molecule has 1 N–H and O–H groups in total. The summed E-state index contributed by atoms with van der Waals surface area (Å²) in [4.78, 5) is 17.7. The summed E-state index contributed by atoms with van der Waals surface area (Å²) >= 11 is 6.07. The molecule has 1 unspecified atom stereocenters. The lowest BCUT2D eigenvalue weighted by Crippen LogP contribution is -2.28. The van der Waals surface area contributed by atoms with E-state index in [1.807, 2.05) is 24.3 Å². The van der Waals surface area contributed by atoms with Crippen LogP contribution in [0.3, 0.4) is 0 Å². The van der Waals surface area contributed by atoms with Crippen LogP contribution in [0.2, 0.25) is 5.02 Å². The lowest BCUT2D eigenvalue weighted by atomic mass is 10.0. The maximum atomic E-state index is 12.4. The molecule has 1 amide bonds. The average molecular weight is 361 g/mol. The van der Waals surface area contributed by atoms with Crippen molar-refractivity contribution < 1.29 is 19.1 Å². The van der Waals surface area contributed by atoms with E-state index < -0.39 is 6.10 Å². The molecule has 7 heteroatoms. The zero-order valence-corrected chi connectivity index (χ0v) is 14.5. The Labute approximate surface area is 150 Å². The number of halogens is 1. The maximum absolute atomic E-state index is 12.4. The van der Waals surface area contributed by atoms with Crippen molar-refractivity contribution in [2.75, 3.05) is 19.5 Å². The van der Waals surface area contributed by atoms with Crippen molar-refractivity contribution in [2.24, 2.45) is 5.16 Å². The van der Waals surface area contributed by atoms with Gasteiger partial charge < -0.3 is 19.6 Å². The van der Waals surface area contributed by atoms with Gasteiger partial charge in [0.1, 0.15) is 11.5 Å². The number of para-hydroxylation sites is 1. The first-order valence-electron chi connectivity index (χ1n) is 7.63. The SMILES string of the molecule is COc1ccc(NC(=O)C2CC(c3ccccc3OC)=NO2)cc1Cl. The first-order valence-corrected chi connectivity index (χ1v) is 8.00. The van der Waals surface area contributed by atoms with Gasteiger partial charge in [0.2, 0.25) is 6.10 Å². The molecule has 2 aromatic carbocycles. The largest absolute Gasteiger partial charge is 0.496 e. The number of nitrogens with zero attached hydrogens (tertiary/aromatic N) is 1. The molecule has 0 radical (unpaired) electrons. The third kappa shape index (κ3) is 3.69. The monoisotopic (exact) mass is 360 g/mol. The second-order valence-corrected chi connectivity index (χ2v) is 5.78. The van der Waals surface area contributed by atoms with Crippen molar-refractivity contribution in [1.29, 1.82) is 0 Å². The molecule has 0 spiro atoms. The molecule has 2 aromatic rings. The number of ether oxygens (including phenoxy) is 2. The van der Waals surface area contributed by atoms with Crippen molar-refractivity contribution >= 4 is 28.9 Å². The molecule has 1 aliphatic heterocycles. The zero-order valence-electron chi connectivity index (χ0n) is 13.8. The number of rotatable bonds is 5. The number of hydrogen-bond donors (Lipinski definition) is 1. The van der Waals surface area contributed by atoms with Gasteiger partial charge in [0.05, 0.1) is 25.0 Å². The quantitative estimate of drug-likeness (QED) is 0.886. The van der Waals surface area contributed by atoms with E-state index in [2.05, 4.69) is 10.5 Å². The van der Waals surface area contributed by atoms with Crippen LogP contribution < -0.4 is 14.8 Å². The van der Waals surface area contributed by atoms with Gasteiger partial charge in [-0.05, 0) is 30.3 Å². The highest BCUT2D eigenvalue weighted by Gasteiger charge is 2.30. The molecule has 0 aromatic heterocycles. The summed E-state index contributed by atoms with van der Waals surface area (Å²) in [5.41, 5.74) is 2.04. The second-order valence-electron chi connectivity index (χ2n) is 5.38. The number of oxime groups is 1. The van der Waals surface area contributed by atoms with Gasteiger partial charge >= 0.3 is 0 Å². The number of carbonyl (C=O) groups is 1. The van der Waals surface area contributed by atoms with Crippen molar-refractivity contribution in [2.45, 2.75) is 12.5 Å². The van der Waals surface area contributed by atoms with Gasteiger partial charge in [0.25, 0.3) is 5.91 Å². The molecule has 1 aliphatic rings. The first kappa shape index (κ1) is 17.1. The van der Waals surface area contributed by atoms with E-state index >= 15 is 0 Å². The van der Waals surface area contributed by atoms with Crippen LogP contribution in [-0.4, -0.2) is 31.9 Å². The Morgan fingerprint density at radius 1 is 1.20 bits per heavy atom. The third-order valence-electron chi connectivity index (χ3n) is 3.80. The van der Waals surface area contributed by atoms with Gasteiger partial charge in [-0.15, -0.1) is 0 Å². The number of methoxy groups -OCH3 is 2. The van der Waals surface area contributed by atoms with Crippen molar-refractivity contribution in [3.63, 3.8) is 0 Å². The molecule has 3 rings (SSSR count). The topological polar surface area (TPSA) is 69.2 Å². The standard InChI is InChI=1S/C18H17ClN2O4/c1-23-15-6-4-3-5-12(15)14-10-17(25-21-14)18(22)20-11-7-8-16(24-2)13(19)9-11/h3-9,17H,10H2,1-2H3,(H,20,22). The van der Waals surface area contributed by atoms with E-state index in [1.165, 1.54) is 7.11 Å². The van der Waals surface area contributed by atoms with Crippen molar-refractivity contribution in [1.82, 2.24) is 0 Å². The summed E-state index contributed by atoms with van der Waals surface area (Å²) < 4.78 is 10.4. The summed E-state index contributed by atoms with van der Waals surface area (Å²) in [5.74, 6) is 0.932. The molecule has 0 saturated carbocycles. The van der Waals surface area contributed by atoms with Gasteiger partial charge in [-0.1, -0.05) is 28.9 Å². The van der Waals surface area contributed by atoms with Gasteiger partial charge in [-0.2, -0.15) is 0 Å². The van der Waals surface area contributed by atoms with E-state index in [4.69, 9.17) is 25.9 Å². The number of amides is 1. The first-order chi connectivity index (χ1) is 12.1. The predicted octanol–water partition coefficient (Wildman–Crippen LogP) is 3.49. The zero-order chi connectivity index (χ0) is 17.8. The third-order valence-corrected chi connectivity index (χ3v) is 4.09. The summed E-state index contributed by atoms with van der Waals surface area (Å²) in [5, 5.41) is 7.22. The fourth-order valence-electron chi connectivity index (χ4n) is 2.53. The highest BCUT2D eigenvalue weighted by molar-refractivity contribution is 6.32. The van der Waals surface area contributed by atoms with Gasteiger partial charge in [-0.25, -0.2) is 0 Å². The van der Waals surface area contributed by atoms with Crippen LogP contribution in [0.1, 0.15) is 12.0 Å². The van der Waals surface area contributed by atoms with Crippen LogP contribution in [0.4, 0.5) is 5.69 Å². The molecular weight excluding hydrogens is 344 g/mol. The normalized spacial score (nSPS) is 16.0. The minimum atomic E-state index is -0.708. The fraction of sp³-hybridized carbons (Fsp3) is 0.222. The highest BCUT2D eigenvalue weighted by Crippen LogP contribution is 2.28. The second kappa shape index (κ2) is 7.44. The van der Waals surface area contributed by atoms with E-state index in [0.717, 1.165) is 5.56 Å². The van der Waals surface area contributed by atoms with E-state index in [1.54, 1.807) is 25.3 Å². The van der Waals surface area contributed by atoms with E-state index in [9.17, 15) is 4.79 Å². The summed E-state index contributed by atoms with van der Waals surface area (Å²) in [6.45, 7) is 0. The van der Waals surface area contributed by atoms with Crippen molar-refractivity contribution in [3.05, 3.63) is 53.1 Å². The lowest BCUT2D eigenvalue weighted by Gasteiger charge is -2.11. The molecule has 130 valence electrons. The Kier molecular flexibility index (Phi) is 5.09. The van der Waals surface area contributed by atoms with Crippen LogP contribution in [-0.2, 0) is 9.63 Å². The summed E-state index contributed by atoms with van der Waals surface area (Å²) in [6.07, 6.45) is -0.350. The number of hydrogen-bond acceptors (Lipinski definition) is 5. The van der Waals surface area contributed by atoms with Crippen LogP contribution in [0.5, 0.6) is 11.5 Å². The van der Waals surface area contributed by atoms with Gasteiger partial charge in [0, 0.05) is 17.7 Å². The Morgan fingerprint density at radius 3 is 2.68 bits per heavy atom. The Bertz CT molecular complexity index is 822. The number of anilines is 1. The Morgan fingerprint density at radius 2 is 1.96 bits per heavy atom. The smallest absolute Gasteiger partial charge is 0.268 e. The highest BCUT2D eigenvalue weighted by atomic mass is 35.5. The fourth-order valence-corrected chi connectivity index (χ4v) is 2.78.